The van der Waals surface area contributed by atoms with E-state index in [-0.39, 0.29) is 12.2 Å². The number of hydrogen-bond acceptors (Lipinski definition) is 1. The van der Waals surface area contributed by atoms with Crippen LogP contribution >= 0.6 is 0 Å². The molecule has 0 fully saturated rings. The number of nitrogens with zero attached hydrogens (tertiary/aromatic N) is 1. The van der Waals surface area contributed by atoms with E-state index in [0.29, 0.717) is 16.5 Å². The largest absolute Gasteiger partial charge is 0.477 e. The third-order valence-corrected chi connectivity index (χ3v) is 2.80. The number of aromatic carboxylic acids is 1. The maximum atomic E-state index is 13.8. The normalized spacial score (nSPS) is 10.7. The van der Waals surface area contributed by atoms with Crippen molar-refractivity contribution in [3.63, 3.8) is 0 Å². The molecule has 3 nitrogen and oxygen atoms in total. The highest BCUT2D eigenvalue weighted by atomic mass is 19.1. The summed E-state index contributed by atoms with van der Waals surface area (Å²) in [7, 11) is 0. The summed E-state index contributed by atoms with van der Waals surface area (Å²) in [6.07, 6.45) is 1.55. The van der Waals surface area contributed by atoms with Gasteiger partial charge in [0.25, 0.3) is 0 Å². The van der Waals surface area contributed by atoms with Crippen LogP contribution in [-0.4, -0.2) is 15.6 Å². The number of hydrogen-bond donors (Lipinski definition) is 1. The van der Waals surface area contributed by atoms with Gasteiger partial charge in [0.2, 0.25) is 0 Å². The first-order chi connectivity index (χ1) is 8.07. The van der Waals surface area contributed by atoms with E-state index < -0.39 is 11.8 Å². The number of carboxylic acids is 1. The second kappa shape index (κ2) is 4.05. The lowest BCUT2D eigenvalue weighted by Gasteiger charge is -2.05. The van der Waals surface area contributed by atoms with Crippen molar-refractivity contribution in [2.75, 3.05) is 0 Å². The highest BCUT2D eigenvalue weighted by molar-refractivity contribution is 5.98. The average molecular weight is 233 g/mol. The molecule has 1 aromatic heterocycles. The van der Waals surface area contributed by atoms with Gasteiger partial charge in [-0.2, -0.15) is 0 Å². The number of carbonyl (C=O) groups is 1. The number of fused-ring (bicyclic) bond motifs is 1. The predicted octanol–water partition coefficient (Wildman–Crippen LogP) is 2.97. The lowest BCUT2D eigenvalue weighted by molar-refractivity contribution is 0.0685. The van der Waals surface area contributed by atoms with Crippen LogP contribution < -0.4 is 0 Å². The molecule has 0 aliphatic rings. The van der Waals surface area contributed by atoms with Crippen molar-refractivity contribution in [2.45, 2.75) is 13.5 Å². The summed E-state index contributed by atoms with van der Waals surface area (Å²) in [5, 5.41) is 9.82. The van der Waals surface area contributed by atoms with Gasteiger partial charge in [0, 0.05) is 11.9 Å². The molecule has 0 atom stereocenters. The van der Waals surface area contributed by atoms with Gasteiger partial charge in [-0.15, -0.1) is 6.58 Å². The first kappa shape index (κ1) is 11.4. The van der Waals surface area contributed by atoms with Gasteiger partial charge in [-0.05, 0) is 18.6 Å². The van der Waals surface area contributed by atoms with E-state index in [1.54, 1.807) is 25.1 Å². The maximum Gasteiger partial charge on any atom is 0.352 e. The van der Waals surface area contributed by atoms with Gasteiger partial charge in [0.05, 0.1) is 5.52 Å². The molecular formula is C13H12FNO2. The first-order valence-corrected chi connectivity index (χ1v) is 5.19. The summed E-state index contributed by atoms with van der Waals surface area (Å²) >= 11 is 0. The van der Waals surface area contributed by atoms with Gasteiger partial charge < -0.3 is 9.67 Å². The van der Waals surface area contributed by atoms with Crippen molar-refractivity contribution in [3.05, 3.63) is 47.9 Å². The van der Waals surface area contributed by atoms with Crippen LogP contribution in [0.15, 0.2) is 30.9 Å². The monoisotopic (exact) mass is 233 g/mol. The zero-order chi connectivity index (χ0) is 12.6. The van der Waals surface area contributed by atoms with Crippen LogP contribution in [0.3, 0.4) is 0 Å². The van der Waals surface area contributed by atoms with Crippen LogP contribution in [0.4, 0.5) is 4.39 Å². The van der Waals surface area contributed by atoms with E-state index in [1.165, 1.54) is 10.6 Å². The fourth-order valence-corrected chi connectivity index (χ4v) is 2.12. The third kappa shape index (κ3) is 1.62. The van der Waals surface area contributed by atoms with Gasteiger partial charge in [0.15, 0.2) is 0 Å². The summed E-state index contributed by atoms with van der Waals surface area (Å²) < 4.78 is 15.2. The Kier molecular flexibility index (Phi) is 2.71. The number of aromatic nitrogens is 1. The summed E-state index contributed by atoms with van der Waals surface area (Å²) in [4.78, 5) is 11.2. The van der Waals surface area contributed by atoms with Gasteiger partial charge in [-0.25, -0.2) is 9.18 Å². The van der Waals surface area contributed by atoms with E-state index in [0.717, 1.165) is 0 Å². The summed E-state index contributed by atoms with van der Waals surface area (Å²) in [5.74, 6) is -1.47. The highest BCUT2D eigenvalue weighted by Crippen LogP contribution is 2.27. The van der Waals surface area contributed by atoms with Crippen LogP contribution in [0.2, 0.25) is 0 Å². The number of rotatable bonds is 3. The molecule has 0 saturated carbocycles. The van der Waals surface area contributed by atoms with E-state index in [1.807, 2.05) is 0 Å². The SMILES string of the molecule is C=CCn1c(C(=O)O)c(C)c2cccc(F)c21. The van der Waals surface area contributed by atoms with Crippen LogP contribution in [0.5, 0.6) is 0 Å². The molecule has 1 N–H and O–H groups in total. The Balaban J connectivity index is 2.93. The third-order valence-electron chi connectivity index (χ3n) is 2.80. The second-order valence-corrected chi connectivity index (χ2v) is 3.81. The Hall–Kier alpha value is -2.10. The van der Waals surface area contributed by atoms with Gasteiger partial charge in [0.1, 0.15) is 11.5 Å². The highest BCUT2D eigenvalue weighted by Gasteiger charge is 2.20. The topological polar surface area (TPSA) is 42.2 Å². The van der Waals surface area contributed by atoms with Crippen molar-refractivity contribution in [1.82, 2.24) is 4.57 Å². The van der Waals surface area contributed by atoms with Crippen LogP contribution in [0.1, 0.15) is 16.1 Å². The van der Waals surface area contributed by atoms with Crippen molar-refractivity contribution in [1.29, 1.82) is 0 Å². The molecule has 0 amide bonds. The number of halogens is 1. The Morgan fingerprint density at radius 2 is 2.29 bits per heavy atom. The molecule has 0 aliphatic carbocycles. The Labute approximate surface area is 97.8 Å². The molecule has 1 heterocycles. The van der Waals surface area contributed by atoms with Crippen molar-refractivity contribution in [2.24, 2.45) is 0 Å². The number of benzene rings is 1. The molecule has 17 heavy (non-hydrogen) atoms. The lowest BCUT2D eigenvalue weighted by Crippen LogP contribution is -2.09. The molecule has 0 unspecified atom stereocenters. The average Bonchev–Trinajstić information content (AvgIpc) is 2.54. The molecule has 0 aliphatic heterocycles. The minimum atomic E-state index is -1.06. The molecule has 0 saturated heterocycles. The van der Waals surface area contributed by atoms with Crippen LogP contribution in [-0.2, 0) is 6.54 Å². The fraction of sp³-hybridized carbons (Fsp3) is 0.154. The summed E-state index contributed by atoms with van der Waals surface area (Å²) in [6, 6.07) is 4.63. The van der Waals surface area contributed by atoms with Crippen molar-refractivity contribution >= 4 is 16.9 Å². The fourth-order valence-electron chi connectivity index (χ4n) is 2.12. The molecule has 0 bridgehead atoms. The Bertz CT molecular complexity index is 613. The van der Waals surface area contributed by atoms with Crippen molar-refractivity contribution in [3.8, 4) is 0 Å². The van der Waals surface area contributed by atoms with Gasteiger partial charge in [-0.3, -0.25) is 0 Å². The molecule has 2 aromatic rings. The molecule has 0 radical (unpaired) electrons. The molecule has 0 spiro atoms. The van der Waals surface area contributed by atoms with E-state index in [9.17, 15) is 14.3 Å². The second-order valence-electron chi connectivity index (χ2n) is 3.81. The Morgan fingerprint density at radius 1 is 1.59 bits per heavy atom. The summed E-state index contributed by atoms with van der Waals surface area (Å²) in [5.41, 5.74) is 1.01. The maximum absolute atomic E-state index is 13.8. The number of para-hydroxylation sites is 1. The lowest BCUT2D eigenvalue weighted by atomic mass is 10.1. The number of carboxylic acid groups (broad SMARTS) is 1. The number of allylic oxidation sites excluding steroid dienone is 1. The Morgan fingerprint density at radius 3 is 2.88 bits per heavy atom. The minimum absolute atomic E-state index is 0.116. The van der Waals surface area contributed by atoms with Gasteiger partial charge >= 0.3 is 5.97 Å². The smallest absolute Gasteiger partial charge is 0.352 e. The molecule has 1 aromatic carbocycles. The molecule has 4 heteroatoms. The standard InChI is InChI=1S/C13H12FNO2/c1-3-7-15-11(13(16)17)8(2)9-5-4-6-10(14)12(9)15/h3-6H,1,7H2,2H3,(H,16,17). The van der Waals surface area contributed by atoms with Crippen LogP contribution in [0, 0.1) is 12.7 Å². The van der Waals surface area contributed by atoms with Gasteiger partial charge in [-0.1, -0.05) is 18.2 Å². The van der Waals surface area contributed by atoms with Crippen LogP contribution in [0.25, 0.3) is 10.9 Å². The minimum Gasteiger partial charge on any atom is -0.477 e. The first-order valence-electron chi connectivity index (χ1n) is 5.19. The van der Waals surface area contributed by atoms with E-state index >= 15 is 0 Å². The molecular weight excluding hydrogens is 221 g/mol. The van der Waals surface area contributed by atoms with E-state index in [4.69, 9.17) is 0 Å². The van der Waals surface area contributed by atoms with Crippen molar-refractivity contribution < 1.29 is 14.3 Å². The molecule has 2 rings (SSSR count). The number of aryl methyl sites for hydroxylation is 1. The molecule has 88 valence electrons. The zero-order valence-electron chi connectivity index (χ0n) is 9.40. The zero-order valence-corrected chi connectivity index (χ0v) is 9.40. The predicted molar refractivity (Wildman–Crippen MR) is 63.8 cm³/mol. The quantitative estimate of drug-likeness (QED) is 0.828. The summed E-state index contributed by atoms with van der Waals surface area (Å²) in [6.45, 7) is 5.52. The van der Waals surface area contributed by atoms with E-state index in [2.05, 4.69) is 6.58 Å².